The van der Waals surface area contributed by atoms with Gasteiger partial charge in [0.25, 0.3) is 0 Å². The molecule has 2 N–H and O–H groups in total. The molecule has 0 fully saturated rings. The zero-order valence-corrected chi connectivity index (χ0v) is 11.7. The summed E-state index contributed by atoms with van der Waals surface area (Å²) in [6.45, 7) is 2.00. The predicted molar refractivity (Wildman–Crippen MR) is 75.3 cm³/mol. The minimum Gasteiger partial charge on any atom is -0.383 e. The second-order valence-electron chi connectivity index (χ2n) is 3.97. The molecule has 1 aromatic heterocycles. The molecular weight excluding hydrogens is 300 g/mol. The van der Waals surface area contributed by atoms with Crippen molar-refractivity contribution in [1.29, 1.82) is 0 Å². The van der Waals surface area contributed by atoms with E-state index in [1.165, 1.54) is 0 Å². The highest BCUT2D eigenvalue weighted by molar-refractivity contribution is 9.10. The fourth-order valence-electron chi connectivity index (χ4n) is 1.65. The standard InChI is InChI=1S/C13H12BrClN2/c1-8-4-10(13(16)17-7-8)5-9-2-3-11(14)6-12(9)15/h2-4,6-7H,5H2,1H3,(H2,16,17). The van der Waals surface area contributed by atoms with Crippen molar-refractivity contribution in [2.45, 2.75) is 13.3 Å². The summed E-state index contributed by atoms with van der Waals surface area (Å²) in [5.41, 5.74) is 9.01. The lowest BCUT2D eigenvalue weighted by molar-refractivity contribution is 1.13. The number of benzene rings is 1. The molecule has 0 spiro atoms. The van der Waals surface area contributed by atoms with Crippen LogP contribution in [0, 0.1) is 6.92 Å². The van der Waals surface area contributed by atoms with Gasteiger partial charge in [0.1, 0.15) is 5.82 Å². The summed E-state index contributed by atoms with van der Waals surface area (Å²) in [6.07, 6.45) is 2.47. The molecule has 0 unspecified atom stereocenters. The van der Waals surface area contributed by atoms with Gasteiger partial charge in [-0.2, -0.15) is 0 Å². The highest BCUT2D eigenvalue weighted by Crippen LogP contribution is 2.25. The number of hydrogen-bond donors (Lipinski definition) is 1. The van der Waals surface area contributed by atoms with E-state index in [1.807, 2.05) is 31.2 Å². The van der Waals surface area contributed by atoms with Gasteiger partial charge in [0.2, 0.25) is 0 Å². The van der Waals surface area contributed by atoms with E-state index >= 15 is 0 Å². The molecule has 0 saturated heterocycles. The number of rotatable bonds is 2. The summed E-state index contributed by atoms with van der Waals surface area (Å²) < 4.78 is 0.974. The molecule has 0 aliphatic heterocycles. The third-order valence-corrected chi connectivity index (χ3v) is 3.38. The first-order chi connectivity index (χ1) is 8.06. The van der Waals surface area contributed by atoms with Gasteiger partial charge >= 0.3 is 0 Å². The van der Waals surface area contributed by atoms with Crippen molar-refractivity contribution >= 4 is 33.3 Å². The predicted octanol–water partition coefficient (Wildman–Crippen LogP) is 3.98. The molecule has 0 saturated carbocycles. The van der Waals surface area contributed by atoms with E-state index in [-0.39, 0.29) is 0 Å². The lowest BCUT2D eigenvalue weighted by atomic mass is 10.0. The average molecular weight is 312 g/mol. The van der Waals surface area contributed by atoms with Crippen LogP contribution in [-0.4, -0.2) is 4.98 Å². The molecule has 2 nitrogen and oxygen atoms in total. The minimum absolute atomic E-state index is 0.564. The molecule has 1 aromatic carbocycles. The monoisotopic (exact) mass is 310 g/mol. The largest absolute Gasteiger partial charge is 0.383 e. The first-order valence-electron chi connectivity index (χ1n) is 5.21. The van der Waals surface area contributed by atoms with Crippen molar-refractivity contribution in [3.63, 3.8) is 0 Å². The maximum Gasteiger partial charge on any atom is 0.126 e. The van der Waals surface area contributed by atoms with Crippen LogP contribution >= 0.6 is 27.5 Å². The number of hydrogen-bond acceptors (Lipinski definition) is 2. The maximum absolute atomic E-state index is 6.18. The average Bonchev–Trinajstić information content (AvgIpc) is 2.27. The third kappa shape index (κ3) is 2.99. The van der Waals surface area contributed by atoms with Gasteiger partial charge in [-0.1, -0.05) is 39.7 Å². The van der Waals surface area contributed by atoms with Gasteiger partial charge < -0.3 is 5.73 Å². The van der Waals surface area contributed by atoms with Crippen molar-refractivity contribution in [3.05, 3.63) is 56.6 Å². The van der Waals surface area contributed by atoms with E-state index in [2.05, 4.69) is 20.9 Å². The molecule has 0 aliphatic carbocycles. The van der Waals surface area contributed by atoms with Crippen LogP contribution in [0.2, 0.25) is 5.02 Å². The molecule has 2 aromatic rings. The van der Waals surface area contributed by atoms with E-state index in [0.717, 1.165) is 26.2 Å². The van der Waals surface area contributed by atoms with Crippen molar-refractivity contribution in [2.24, 2.45) is 0 Å². The number of halogens is 2. The summed E-state index contributed by atoms with van der Waals surface area (Å²) in [7, 11) is 0. The molecule has 0 bridgehead atoms. The Hall–Kier alpha value is -1.06. The Morgan fingerprint density at radius 2 is 2.06 bits per heavy atom. The van der Waals surface area contributed by atoms with Crippen LogP contribution in [0.25, 0.3) is 0 Å². The van der Waals surface area contributed by atoms with E-state index in [4.69, 9.17) is 17.3 Å². The van der Waals surface area contributed by atoms with Gasteiger partial charge in [-0.3, -0.25) is 0 Å². The normalized spacial score (nSPS) is 10.5. The van der Waals surface area contributed by atoms with Crippen LogP contribution in [0.3, 0.4) is 0 Å². The zero-order valence-electron chi connectivity index (χ0n) is 9.37. The van der Waals surface area contributed by atoms with E-state index in [1.54, 1.807) is 6.20 Å². The topological polar surface area (TPSA) is 38.9 Å². The maximum atomic E-state index is 6.18. The van der Waals surface area contributed by atoms with Crippen molar-refractivity contribution < 1.29 is 0 Å². The molecule has 17 heavy (non-hydrogen) atoms. The quantitative estimate of drug-likeness (QED) is 0.911. The van der Waals surface area contributed by atoms with Crippen LogP contribution in [-0.2, 0) is 6.42 Å². The highest BCUT2D eigenvalue weighted by Gasteiger charge is 2.06. The third-order valence-electron chi connectivity index (χ3n) is 2.53. The summed E-state index contributed by atoms with van der Waals surface area (Å²) in [5, 5.41) is 0.736. The van der Waals surface area contributed by atoms with Crippen molar-refractivity contribution in [3.8, 4) is 0 Å². The molecule has 88 valence electrons. The van der Waals surface area contributed by atoms with Gasteiger partial charge in [-0.15, -0.1) is 0 Å². The summed E-state index contributed by atoms with van der Waals surface area (Å²) >= 11 is 9.57. The van der Waals surface area contributed by atoms with Gasteiger partial charge in [-0.05, 0) is 35.7 Å². The molecule has 0 radical (unpaired) electrons. The lowest BCUT2D eigenvalue weighted by Gasteiger charge is -2.08. The Morgan fingerprint density at radius 1 is 1.29 bits per heavy atom. The number of pyridine rings is 1. The van der Waals surface area contributed by atoms with Crippen LogP contribution in [0.5, 0.6) is 0 Å². The molecule has 2 rings (SSSR count). The number of nitrogen functional groups attached to an aromatic ring is 1. The second kappa shape index (κ2) is 5.07. The SMILES string of the molecule is Cc1cnc(N)c(Cc2ccc(Br)cc2Cl)c1. The number of aromatic nitrogens is 1. The second-order valence-corrected chi connectivity index (χ2v) is 5.29. The van der Waals surface area contributed by atoms with E-state index in [9.17, 15) is 0 Å². The zero-order chi connectivity index (χ0) is 12.4. The van der Waals surface area contributed by atoms with Crippen LogP contribution in [0.4, 0.5) is 5.82 Å². The van der Waals surface area contributed by atoms with Crippen LogP contribution in [0.15, 0.2) is 34.9 Å². The van der Waals surface area contributed by atoms with E-state index < -0.39 is 0 Å². The number of anilines is 1. The fraction of sp³-hybridized carbons (Fsp3) is 0.154. The fourth-order valence-corrected chi connectivity index (χ4v) is 2.39. The molecule has 0 amide bonds. The Morgan fingerprint density at radius 3 is 2.76 bits per heavy atom. The molecule has 0 atom stereocenters. The Bertz CT molecular complexity index is 555. The Kier molecular flexibility index (Phi) is 3.69. The number of nitrogens with two attached hydrogens (primary N) is 1. The molecular formula is C13H12BrClN2. The van der Waals surface area contributed by atoms with Gasteiger partial charge in [0.05, 0.1) is 0 Å². The minimum atomic E-state index is 0.564. The van der Waals surface area contributed by atoms with Gasteiger partial charge in [0, 0.05) is 22.1 Å². The summed E-state index contributed by atoms with van der Waals surface area (Å²) in [5.74, 6) is 0.564. The summed E-state index contributed by atoms with van der Waals surface area (Å²) in [4.78, 5) is 4.15. The smallest absolute Gasteiger partial charge is 0.126 e. The molecule has 1 heterocycles. The molecule has 0 aliphatic rings. The lowest BCUT2D eigenvalue weighted by Crippen LogP contribution is -1.99. The van der Waals surface area contributed by atoms with Gasteiger partial charge in [0.15, 0.2) is 0 Å². The van der Waals surface area contributed by atoms with Gasteiger partial charge in [-0.25, -0.2) is 4.98 Å². The number of aryl methyl sites for hydroxylation is 1. The van der Waals surface area contributed by atoms with Crippen LogP contribution < -0.4 is 5.73 Å². The highest BCUT2D eigenvalue weighted by atomic mass is 79.9. The Balaban J connectivity index is 2.34. The first-order valence-corrected chi connectivity index (χ1v) is 6.38. The van der Waals surface area contributed by atoms with E-state index in [0.29, 0.717) is 12.2 Å². The van der Waals surface area contributed by atoms with Crippen LogP contribution in [0.1, 0.15) is 16.7 Å². The first kappa shape index (κ1) is 12.4. The number of nitrogens with zero attached hydrogens (tertiary/aromatic N) is 1. The Labute approximate surface area is 114 Å². The summed E-state index contributed by atoms with van der Waals surface area (Å²) in [6, 6.07) is 7.89. The van der Waals surface area contributed by atoms with Crippen molar-refractivity contribution in [2.75, 3.05) is 5.73 Å². The molecule has 4 heteroatoms. The van der Waals surface area contributed by atoms with Crippen molar-refractivity contribution in [1.82, 2.24) is 4.98 Å².